The van der Waals surface area contributed by atoms with Gasteiger partial charge in [0.05, 0.1) is 6.04 Å². The second-order valence-electron chi connectivity index (χ2n) is 5.57. The third-order valence-corrected chi connectivity index (χ3v) is 3.57. The van der Waals surface area contributed by atoms with Gasteiger partial charge in [-0.3, -0.25) is 9.59 Å². The molecule has 2 amide bonds. The lowest BCUT2D eigenvalue weighted by Gasteiger charge is -2.11. The van der Waals surface area contributed by atoms with E-state index < -0.39 is 6.04 Å². The van der Waals surface area contributed by atoms with Gasteiger partial charge in [-0.15, -0.1) is 0 Å². The molecule has 21 heavy (non-hydrogen) atoms. The first kappa shape index (κ1) is 15.5. The molecular formula is C16H23N3O2. The number of hydrogen-bond acceptors (Lipinski definition) is 3. The van der Waals surface area contributed by atoms with Crippen molar-refractivity contribution in [3.63, 3.8) is 0 Å². The standard InChI is InChI=1S/C16H23N3O2/c1-2-3-14(17)16(21)18-10-11-4-8-13(9-5-11)19-15(20)12-6-7-12/h4-5,8-9,12,14H,2-3,6-7,10,17H2,1H3,(H,18,21)(H,19,20). The zero-order valence-corrected chi connectivity index (χ0v) is 12.4. The third-order valence-electron chi connectivity index (χ3n) is 3.57. The van der Waals surface area contributed by atoms with E-state index in [9.17, 15) is 9.59 Å². The predicted molar refractivity (Wildman–Crippen MR) is 82.5 cm³/mol. The summed E-state index contributed by atoms with van der Waals surface area (Å²) < 4.78 is 0. The van der Waals surface area contributed by atoms with Crippen LogP contribution in [0.3, 0.4) is 0 Å². The van der Waals surface area contributed by atoms with Gasteiger partial charge in [0.2, 0.25) is 11.8 Å². The van der Waals surface area contributed by atoms with Crippen LogP contribution in [-0.4, -0.2) is 17.9 Å². The predicted octanol–water partition coefficient (Wildman–Crippen LogP) is 1.78. The summed E-state index contributed by atoms with van der Waals surface area (Å²) in [6, 6.07) is 7.07. The van der Waals surface area contributed by atoms with Crippen LogP contribution in [0.25, 0.3) is 0 Å². The molecule has 2 rings (SSSR count). The minimum absolute atomic E-state index is 0.0987. The van der Waals surface area contributed by atoms with Gasteiger partial charge in [0.1, 0.15) is 0 Å². The molecule has 1 fully saturated rings. The number of rotatable bonds is 7. The van der Waals surface area contributed by atoms with Gasteiger partial charge in [-0.1, -0.05) is 25.5 Å². The highest BCUT2D eigenvalue weighted by molar-refractivity contribution is 5.94. The van der Waals surface area contributed by atoms with Crippen molar-refractivity contribution in [2.45, 2.75) is 45.2 Å². The Balaban J connectivity index is 1.79. The summed E-state index contributed by atoms with van der Waals surface area (Å²) in [6.45, 7) is 2.45. The van der Waals surface area contributed by atoms with Crippen molar-refractivity contribution < 1.29 is 9.59 Å². The molecule has 1 aliphatic carbocycles. The van der Waals surface area contributed by atoms with Crippen molar-refractivity contribution in [1.82, 2.24) is 5.32 Å². The number of carbonyl (C=O) groups is 2. The molecule has 0 aromatic heterocycles. The summed E-state index contributed by atoms with van der Waals surface area (Å²) in [5, 5.41) is 5.71. The van der Waals surface area contributed by atoms with Gasteiger partial charge in [-0.25, -0.2) is 0 Å². The number of amides is 2. The molecule has 5 heteroatoms. The van der Waals surface area contributed by atoms with Gasteiger partial charge < -0.3 is 16.4 Å². The van der Waals surface area contributed by atoms with E-state index in [1.807, 2.05) is 31.2 Å². The maximum atomic E-state index is 11.7. The van der Waals surface area contributed by atoms with Crippen molar-refractivity contribution in [3.05, 3.63) is 29.8 Å². The SMILES string of the molecule is CCCC(N)C(=O)NCc1ccc(NC(=O)C2CC2)cc1. The van der Waals surface area contributed by atoms with E-state index >= 15 is 0 Å². The Bertz CT molecular complexity index is 495. The molecule has 114 valence electrons. The average molecular weight is 289 g/mol. The lowest BCUT2D eigenvalue weighted by molar-refractivity contribution is -0.122. The molecular weight excluding hydrogens is 266 g/mol. The van der Waals surface area contributed by atoms with Gasteiger partial charge in [-0.2, -0.15) is 0 Å². The molecule has 1 aromatic rings. The molecule has 1 aliphatic rings. The molecule has 1 unspecified atom stereocenters. The van der Waals surface area contributed by atoms with Crippen molar-refractivity contribution in [2.75, 3.05) is 5.32 Å². The number of carbonyl (C=O) groups excluding carboxylic acids is 2. The molecule has 0 spiro atoms. The van der Waals surface area contributed by atoms with E-state index in [-0.39, 0.29) is 17.7 Å². The third kappa shape index (κ3) is 4.86. The molecule has 4 N–H and O–H groups in total. The molecule has 5 nitrogen and oxygen atoms in total. The number of benzene rings is 1. The van der Waals surface area contributed by atoms with Crippen molar-refractivity contribution in [2.24, 2.45) is 11.7 Å². The Morgan fingerprint density at radius 3 is 2.52 bits per heavy atom. The van der Waals surface area contributed by atoms with E-state index in [4.69, 9.17) is 5.73 Å². The molecule has 0 saturated heterocycles. The van der Waals surface area contributed by atoms with Crippen LogP contribution < -0.4 is 16.4 Å². The fourth-order valence-electron chi connectivity index (χ4n) is 2.06. The quantitative estimate of drug-likeness (QED) is 0.715. The maximum Gasteiger partial charge on any atom is 0.237 e. The first-order chi connectivity index (χ1) is 10.1. The molecule has 1 aromatic carbocycles. The zero-order valence-electron chi connectivity index (χ0n) is 12.4. The summed E-state index contributed by atoms with van der Waals surface area (Å²) in [7, 11) is 0. The normalized spacial score (nSPS) is 15.3. The Morgan fingerprint density at radius 1 is 1.29 bits per heavy atom. The van der Waals surface area contributed by atoms with Crippen LogP contribution in [0.4, 0.5) is 5.69 Å². The number of nitrogens with two attached hydrogens (primary N) is 1. The highest BCUT2D eigenvalue weighted by atomic mass is 16.2. The van der Waals surface area contributed by atoms with Crippen LogP contribution in [0.15, 0.2) is 24.3 Å². The van der Waals surface area contributed by atoms with Gasteiger partial charge >= 0.3 is 0 Å². The molecule has 1 atom stereocenters. The second-order valence-corrected chi connectivity index (χ2v) is 5.57. The van der Waals surface area contributed by atoms with Crippen LogP contribution in [0.5, 0.6) is 0 Å². The summed E-state index contributed by atoms with van der Waals surface area (Å²) in [4.78, 5) is 23.3. The Morgan fingerprint density at radius 2 is 1.95 bits per heavy atom. The lowest BCUT2D eigenvalue weighted by atomic mass is 10.1. The smallest absolute Gasteiger partial charge is 0.237 e. The van der Waals surface area contributed by atoms with Crippen molar-refractivity contribution in [3.8, 4) is 0 Å². The second kappa shape index (κ2) is 7.22. The van der Waals surface area contributed by atoms with Crippen LogP contribution in [0, 0.1) is 5.92 Å². The van der Waals surface area contributed by atoms with Crippen LogP contribution in [0.1, 0.15) is 38.2 Å². The zero-order chi connectivity index (χ0) is 15.2. The molecule has 0 aliphatic heterocycles. The Hall–Kier alpha value is -1.88. The molecule has 1 saturated carbocycles. The topological polar surface area (TPSA) is 84.2 Å². The van der Waals surface area contributed by atoms with Gasteiger partial charge in [-0.05, 0) is 37.0 Å². The summed E-state index contributed by atoms with van der Waals surface area (Å²) in [5.41, 5.74) is 7.52. The van der Waals surface area contributed by atoms with E-state index in [0.717, 1.165) is 30.5 Å². The lowest BCUT2D eigenvalue weighted by Crippen LogP contribution is -2.40. The maximum absolute atomic E-state index is 11.7. The van der Waals surface area contributed by atoms with Gasteiger partial charge in [0.15, 0.2) is 0 Å². The monoisotopic (exact) mass is 289 g/mol. The summed E-state index contributed by atoms with van der Waals surface area (Å²) >= 11 is 0. The van der Waals surface area contributed by atoms with Crippen LogP contribution in [-0.2, 0) is 16.1 Å². The number of anilines is 1. The fourth-order valence-corrected chi connectivity index (χ4v) is 2.06. The summed E-state index contributed by atoms with van der Waals surface area (Å²) in [6.07, 6.45) is 3.57. The average Bonchev–Trinajstić information content (AvgIpc) is 3.31. The van der Waals surface area contributed by atoms with Crippen LogP contribution in [0.2, 0.25) is 0 Å². The van der Waals surface area contributed by atoms with Crippen LogP contribution >= 0.6 is 0 Å². The Labute approximate surface area is 125 Å². The van der Waals surface area contributed by atoms with Gasteiger partial charge in [0.25, 0.3) is 0 Å². The van der Waals surface area contributed by atoms with Crippen molar-refractivity contribution >= 4 is 17.5 Å². The summed E-state index contributed by atoms with van der Waals surface area (Å²) in [5.74, 6) is 0.175. The van der Waals surface area contributed by atoms with E-state index in [0.29, 0.717) is 13.0 Å². The number of nitrogens with one attached hydrogen (secondary N) is 2. The largest absolute Gasteiger partial charge is 0.351 e. The highest BCUT2D eigenvalue weighted by Crippen LogP contribution is 2.30. The molecule has 0 radical (unpaired) electrons. The van der Waals surface area contributed by atoms with Crippen molar-refractivity contribution in [1.29, 1.82) is 0 Å². The van der Waals surface area contributed by atoms with Gasteiger partial charge in [0, 0.05) is 18.2 Å². The minimum atomic E-state index is -0.438. The Kier molecular flexibility index (Phi) is 5.33. The number of hydrogen-bond donors (Lipinski definition) is 3. The molecule has 0 bridgehead atoms. The van der Waals surface area contributed by atoms with E-state index in [1.54, 1.807) is 0 Å². The van der Waals surface area contributed by atoms with E-state index in [1.165, 1.54) is 0 Å². The first-order valence-corrected chi connectivity index (χ1v) is 7.53. The minimum Gasteiger partial charge on any atom is -0.351 e. The first-order valence-electron chi connectivity index (χ1n) is 7.53. The fraction of sp³-hybridized carbons (Fsp3) is 0.500. The molecule has 0 heterocycles. The highest BCUT2D eigenvalue weighted by Gasteiger charge is 2.29. The van der Waals surface area contributed by atoms with E-state index in [2.05, 4.69) is 10.6 Å².